The van der Waals surface area contributed by atoms with Crippen LogP contribution in [0.15, 0.2) is 41.5 Å². The Hall–Kier alpha value is -2.73. The molecule has 0 aliphatic rings. The molecule has 0 saturated heterocycles. The van der Waals surface area contributed by atoms with E-state index < -0.39 is 5.91 Å². The summed E-state index contributed by atoms with van der Waals surface area (Å²) in [6, 6.07) is 10.1. The molecule has 0 aliphatic heterocycles. The summed E-state index contributed by atoms with van der Waals surface area (Å²) in [5.41, 5.74) is 9.57. The van der Waals surface area contributed by atoms with E-state index in [0.717, 1.165) is 0 Å². The molecule has 0 heterocycles. The molecule has 7 heteroatoms. The van der Waals surface area contributed by atoms with Gasteiger partial charge in [-0.15, -0.1) is 0 Å². The van der Waals surface area contributed by atoms with Gasteiger partial charge in [-0.25, -0.2) is 5.43 Å². The van der Waals surface area contributed by atoms with Crippen LogP contribution in [0.5, 0.6) is 11.5 Å². The lowest BCUT2D eigenvalue weighted by Gasteiger charge is -2.11. The van der Waals surface area contributed by atoms with Crippen LogP contribution in [-0.2, 0) is 0 Å². The van der Waals surface area contributed by atoms with Gasteiger partial charge in [0.05, 0.1) is 30.5 Å². The number of hydrazone groups is 1. The summed E-state index contributed by atoms with van der Waals surface area (Å²) < 4.78 is 10.7. The topological polar surface area (TPSA) is 85.9 Å². The predicted molar refractivity (Wildman–Crippen MR) is 95.1 cm³/mol. The standard InChI is InChI=1S/C17H18ClN3O3/c1-3-24-15-9-11(8-13(18)16(15)23-2)10-20-21-17(22)12-6-4-5-7-14(12)19/h4-10H,3,19H2,1-2H3,(H,21,22)/b20-10-. The number of hydrogen-bond donors (Lipinski definition) is 2. The first-order valence-corrected chi connectivity index (χ1v) is 7.62. The summed E-state index contributed by atoms with van der Waals surface area (Å²) in [6.45, 7) is 2.33. The highest BCUT2D eigenvalue weighted by atomic mass is 35.5. The number of para-hydroxylation sites is 1. The molecule has 6 nitrogen and oxygen atoms in total. The van der Waals surface area contributed by atoms with Gasteiger partial charge < -0.3 is 15.2 Å². The molecule has 126 valence electrons. The second-order valence-electron chi connectivity index (χ2n) is 4.75. The zero-order valence-electron chi connectivity index (χ0n) is 13.4. The number of rotatable bonds is 6. The highest BCUT2D eigenvalue weighted by Crippen LogP contribution is 2.35. The van der Waals surface area contributed by atoms with Gasteiger partial charge in [-0.05, 0) is 36.8 Å². The van der Waals surface area contributed by atoms with E-state index in [1.54, 1.807) is 36.4 Å². The lowest BCUT2D eigenvalue weighted by molar-refractivity contribution is 0.0956. The molecular formula is C17H18ClN3O3. The van der Waals surface area contributed by atoms with Gasteiger partial charge in [0.2, 0.25) is 0 Å². The molecule has 0 unspecified atom stereocenters. The summed E-state index contributed by atoms with van der Waals surface area (Å²) in [4.78, 5) is 12.0. The van der Waals surface area contributed by atoms with E-state index in [0.29, 0.717) is 39.9 Å². The first-order chi connectivity index (χ1) is 11.6. The van der Waals surface area contributed by atoms with Gasteiger partial charge in [-0.3, -0.25) is 4.79 Å². The predicted octanol–water partition coefficient (Wildman–Crippen LogP) is 3.09. The third kappa shape index (κ3) is 4.17. The van der Waals surface area contributed by atoms with Crippen LogP contribution < -0.4 is 20.6 Å². The van der Waals surface area contributed by atoms with Crippen molar-refractivity contribution in [3.05, 3.63) is 52.5 Å². The lowest BCUT2D eigenvalue weighted by Crippen LogP contribution is -2.19. The summed E-state index contributed by atoms with van der Waals surface area (Å²) >= 11 is 6.16. The molecule has 2 aromatic carbocycles. The molecule has 0 fully saturated rings. The van der Waals surface area contributed by atoms with Crippen molar-refractivity contribution in [1.29, 1.82) is 0 Å². The van der Waals surface area contributed by atoms with Gasteiger partial charge in [-0.1, -0.05) is 23.7 Å². The average Bonchev–Trinajstić information content (AvgIpc) is 2.55. The molecule has 0 aromatic heterocycles. The number of methoxy groups -OCH3 is 1. The van der Waals surface area contributed by atoms with Crippen molar-refractivity contribution in [3.8, 4) is 11.5 Å². The van der Waals surface area contributed by atoms with Crippen LogP contribution in [-0.4, -0.2) is 25.8 Å². The Balaban J connectivity index is 2.14. The van der Waals surface area contributed by atoms with E-state index in [1.165, 1.54) is 13.3 Å². The molecule has 0 aliphatic carbocycles. The summed E-state index contributed by atoms with van der Waals surface area (Å²) in [6.07, 6.45) is 1.46. The van der Waals surface area contributed by atoms with Crippen LogP contribution in [0.3, 0.4) is 0 Å². The van der Waals surface area contributed by atoms with E-state index in [1.807, 2.05) is 6.92 Å². The number of halogens is 1. The van der Waals surface area contributed by atoms with E-state index in [9.17, 15) is 4.79 Å². The molecule has 24 heavy (non-hydrogen) atoms. The molecule has 0 radical (unpaired) electrons. The molecule has 0 bridgehead atoms. The Kier molecular flexibility index (Phi) is 6.03. The smallest absolute Gasteiger partial charge is 0.273 e. The Bertz CT molecular complexity index is 763. The first-order valence-electron chi connectivity index (χ1n) is 7.25. The van der Waals surface area contributed by atoms with Crippen LogP contribution in [0.4, 0.5) is 5.69 Å². The van der Waals surface area contributed by atoms with Crippen molar-refractivity contribution in [1.82, 2.24) is 5.43 Å². The van der Waals surface area contributed by atoms with E-state index in [4.69, 9.17) is 26.8 Å². The summed E-state index contributed by atoms with van der Waals surface area (Å²) in [5, 5.41) is 4.31. The zero-order valence-corrected chi connectivity index (χ0v) is 14.1. The molecule has 1 amide bonds. The summed E-state index contributed by atoms with van der Waals surface area (Å²) in [5.74, 6) is 0.568. The lowest BCUT2D eigenvalue weighted by atomic mass is 10.2. The maximum Gasteiger partial charge on any atom is 0.273 e. The second-order valence-corrected chi connectivity index (χ2v) is 5.16. The average molecular weight is 348 g/mol. The van der Waals surface area contributed by atoms with Gasteiger partial charge >= 0.3 is 0 Å². The number of carbonyl (C=O) groups excluding carboxylic acids is 1. The number of amides is 1. The normalized spacial score (nSPS) is 10.6. The van der Waals surface area contributed by atoms with E-state index in [-0.39, 0.29) is 0 Å². The van der Waals surface area contributed by atoms with Gasteiger partial charge in [0.1, 0.15) is 0 Å². The van der Waals surface area contributed by atoms with Crippen molar-refractivity contribution in [2.45, 2.75) is 6.92 Å². The van der Waals surface area contributed by atoms with Crippen molar-refractivity contribution < 1.29 is 14.3 Å². The van der Waals surface area contributed by atoms with E-state index >= 15 is 0 Å². The highest BCUT2D eigenvalue weighted by Gasteiger charge is 2.11. The SMILES string of the molecule is CCOc1cc(/C=N\NC(=O)c2ccccc2N)cc(Cl)c1OC. The maximum absolute atomic E-state index is 12.0. The number of nitrogen functional groups attached to an aromatic ring is 1. The number of nitrogens with one attached hydrogen (secondary N) is 1. The maximum atomic E-state index is 12.0. The minimum absolute atomic E-state index is 0.359. The fourth-order valence-electron chi connectivity index (χ4n) is 2.05. The summed E-state index contributed by atoms with van der Waals surface area (Å²) in [7, 11) is 1.52. The minimum Gasteiger partial charge on any atom is -0.491 e. The monoisotopic (exact) mass is 347 g/mol. The van der Waals surface area contributed by atoms with Crippen molar-refractivity contribution >= 4 is 29.4 Å². The Labute approximate surface area is 145 Å². The Morgan fingerprint density at radius 2 is 2.12 bits per heavy atom. The number of nitrogens with zero attached hydrogens (tertiary/aromatic N) is 1. The van der Waals surface area contributed by atoms with Gasteiger partial charge in [0, 0.05) is 5.69 Å². The second kappa shape index (κ2) is 8.21. The van der Waals surface area contributed by atoms with Crippen LogP contribution in [0.2, 0.25) is 5.02 Å². The van der Waals surface area contributed by atoms with Crippen molar-refractivity contribution in [2.75, 3.05) is 19.5 Å². The third-order valence-corrected chi connectivity index (χ3v) is 3.40. The Morgan fingerprint density at radius 1 is 1.38 bits per heavy atom. The van der Waals surface area contributed by atoms with Gasteiger partial charge in [0.25, 0.3) is 5.91 Å². The number of benzene rings is 2. The molecule has 0 spiro atoms. The number of hydrogen-bond acceptors (Lipinski definition) is 5. The van der Waals surface area contributed by atoms with Crippen molar-refractivity contribution in [3.63, 3.8) is 0 Å². The fourth-order valence-corrected chi connectivity index (χ4v) is 2.35. The fraction of sp³-hybridized carbons (Fsp3) is 0.176. The first kappa shape index (κ1) is 17.6. The third-order valence-electron chi connectivity index (χ3n) is 3.12. The van der Waals surface area contributed by atoms with Crippen LogP contribution in [0, 0.1) is 0 Å². The highest BCUT2D eigenvalue weighted by molar-refractivity contribution is 6.32. The van der Waals surface area contributed by atoms with Gasteiger partial charge in [-0.2, -0.15) is 5.10 Å². The molecule has 0 saturated carbocycles. The van der Waals surface area contributed by atoms with Gasteiger partial charge in [0.15, 0.2) is 11.5 Å². The molecule has 0 atom stereocenters. The number of carbonyl (C=O) groups is 1. The number of anilines is 1. The van der Waals surface area contributed by atoms with Crippen LogP contribution in [0.25, 0.3) is 0 Å². The van der Waals surface area contributed by atoms with Crippen LogP contribution in [0.1, 0.15) is 22.8 Å². The molecule has 3 N–H and O–H groups in total. The molecule has 2 aromatic rings. The molecule has 2 rings (SSSR count). The largest absolute Gasteiger partial charge is 0.491 e. The number of nitrogens with two attached hydrogens (primary N) is 1. The Morgan fingerprint density at radius 3 is 2.79 bits per heavy atom. The van der Waals surface area contributed by atoms with Crippen molar-refractivity contribution in [2.24, 2.45) is 5.10 Å². The molecular weight excluding hydrogens is 330 g/mol. The van der Waals surface area contributed by atoms with Crippen LogP contribution >= 0.6 is 11.6 Å². The number of ether oxygens (including phenoxy) is 2. The minimum atomic E-state index is -0.394. The van der Waals surface area contributed by atoms with E-state index in [2.05, 4.69) is 10.5 Å². The quantitative estimate of drug-likeness (QED) is 0.477. The zero-order chi connectivity index (χ0) is 17.5.